The lowest BCUT2D eigenvalue weighted by Gasteiger charge is -2.22. The standard InChI is InChI=1S/C18H24Cl3N3O3/c1-12(2)11-27-18(26)24-5-3-4-23(6-7-24)10-17(25)22-16-9-14(20)13(19)8-15(16)21/h8-9,12H,3-7,10-11H2,1-2H3,(H,22,25). The van der Waals surface area contributed by atoms with Crippen molar-refractivity contribution in [2.45, 2.75) is 20.3 Å². The summed E-state index contributed by atoms with van der Waals surface area (Å²) in [4.78, 5) is 28.1. The SMILES string of the molecule is CC(C)COC(=O)N1CCCN(CC(=O)Nc2cc(Cl)c(Cl)cc2Cl)CC1. The summed E-state index contributed by atoms with van der Waals surface area (Å²) in [6.07, 6.45) is 0.481. The highest BCUT2D eigenvalue weighted by Crippen LogP contribution is 2.32. The minimum atomic E-state index is -0.294. The Hall–Kier alpha value is -1.21. The molecule has 2 amide bonds. The molecule has 1 fully saturated rings. The number of carbonyl (C=O) groups excluding carboxylic acids is 2. The molecule has 27 heavy (non-hydrogen) atoms. The number of amides is 2. The quantitative estimate of drug-likeness (QED) is 0.696. The van der Waals surface area contributed by atoms with E-state index in [0.29, 0.717) is 52.9 Å². The van der Waals surface area contributed by atoms with Crippen LogP contribution < -0.4 is 5.32 Å². The van der Waals surface area contributed by atoms with Crippen LogP contribution in [0.3, 0.4) is 0 Å². The number of halogens is 3. The Morgan fingerprint density at radius 1 is 1.07 bits per heavy atom. The van der Waals surface area contributed by atoms with Crippen LogP contribution in [0.2, 0.25) is 15.1 Å². The fourth-order valence-corrected chi connectivity index (χ4v) is 3.25. The molecule has 1 heterocycles. The minimum Gasteiger partial charge on any atom is -0.449 e. The summed E-state index contributed by atoms with van der Waals surface area (Å²) in [5.41, 5.74) is 0.421. The molecule has 6 nitrogen and oxygen atoms in total. The molecule has 0 saturated carbocycles. The van der Waals surface area contributed by atoms with Crippen LogP contribution in [0, 0.1) is 5.92 Å². The van der Waals surface area contributed by atoms with Gasteiger partial charge in [-0.25, -0.2) is 4.79 Å². The van der Waals surface area contributed by atoms with Gasteiger partial charge in [-0.15, -0.1) is 0 Å². The highest BCUT2D eigenvalue weighted by atomic mass is 35.5. The molecule has 0 aromatic heterocycles. The van der Waals surface area contributed by atoms with Gasteiger partial charge in [-0.05, 0) is 24.5 Å². The van der Waals surface area contributed by atoms with Crippen LogP contribution in [0.25, 0.3) is 0 Å². The van der Waals surface area contributed by atoms with E-state index in [1.54, 1.807) is 4.90 Å². The van der Waals surface area contributed by atoms with Crippen LogP contribution in [0.5, 0.6) is 0 Å². The number of benzene rings is 1. The van der Waals surface area contributed by atoms with Gasteiger partial charge in [0.05, 0.1) is 33.9 Å². The number of nitrogens with one attached hydrogen (secondary N) is 1. The predicted molar refractivity (Wildman–Crippen MR) is 109 cm³/mol. The van der Waals surface area contributed by atoms with Crippen LogP contribution in [-0.4, -0.2) is 61.1 Å². The fraction of sp³-hybridized carbons (Fsp3) is 0.556. The van der Waals surface area contributed by atoms with E-state index in [1.807, 2.05) is 18.7 Å². The second kappa shape index (κ2) is 10.4. The Morgan fingerprint density at radius 3 is 2.48 bits per heavy atom. The van der Waals surface area contributed by atoms with Crippen molar-refractivity contribution in [2.24, 2.45) is 5.92 Å². The molecule has 2 rings (SSSR count). The van der Waals surface area contributed by atoms with E-state index >= 15 is 0 Å². The van der Waals surface area contributed by atoms with Crippen molar-refractivity contribution >= 4 is 52.5 Å². The van der Waals surface area contributed by atoms with E-state index in [1.165, 1.54) is 12.1 Å². The van der Waals surface area contributed by atoms with Crippen molar-refractivity contribution in [3.63, 3.8) is 0 Å². The number of nitrogens with zero attached hydrogens (tertiary/aromatic N) is 2. The van der Waals surface area contributed by atoms with Crippen LogP contribution in [-0.2, 0) is 9.53 Å². The summed E-state index contributed by atoms with van der Waals surface area (Å²) < 4.78 is 5.28. The zero-order chi connectivity index (χ0) is 20.0. The van der Waals surface area contributed by atoms with Gasteiger partial charge in [0.15, 0.2) is 0 Å². The molecule has 0 atom stereocenters. The van der Waals surface area contributed by atoms with E-state index < -0.39 is 0 Å². The zero-order valence-electron chi connectivity index (χ0n) is 15.4. The van der Waals surface area contributed by atoms with Gasteiger partial charge in [0, 0.05) is 26.2 Å². The molecular formula is C18H24Cl3N3O3. The third-order valence-corrected chi connectivity index (χ3v) is 5.07. The van der Waals surface area contributed by atoms with Gasteiger partial charge in [-0.2, -0.15) is 0 Å². The van der Waals surface area contributed by atoms with E-state index in [9.17, 15) is 9.59 Å². The Labute approximate surface area is 174 Å². The van der Waals surface area contributed by atoms with Crippen LogP contribution in [0.15, 0.2) is 12.1 Å². The Kier molecular flexibility index (Phi) is 8.48. The lowest BCUT2D eigenvalue weighted by atomic mass is 10.2. The van der Waals surface area contributed by atoms with Gasteiger partial charge >= 0.3 is 6.09 Å². The number of hydrogen-bond acceptors (Lipinski definition) is 4. The van der Waals surface area contributed by atoms with Crippen molar-refractivity contribution in [2.75, 3.05) is 44.6 Å². The third kappa shape index (κ3) is 7.03. The number of rotatable bonds is 5. The fourth-order valence-electron chi connectivity index (χ4n) is 2.65. The normalized spacial score (nSPS) is 15.6. The zero-order valence-corrected chi connectivity index (χ0v) is 17.7. The average molecular weight is 437 g/mol. The summed E-state index contributed by atoms with van der Waals surface area (Å²) in [5.74, 6) is 0.0976. The number of hydrogen-bond donors (Lipinski definition) is 1. The Bertz CT molecular complexity index is 685. The summed E-state index contributed by atoms with van der Waals surface area (Å²) in [6, 6.07) is 3.02. The monoisotopic (exact) mass is 435 g/mol. The van der Waals surface area contributed by atoms with E-state index in [4.69, 9.17) is 39.5 Å². The molecular weight excluding hydrogens is 413 g/mol. The molecule has 1 aromatic carbocycles. The number of anilines is 1. The third-order valence-electron chi connectivity index (χ3n) is 4.04. The minimum absolute atomic E-state index is 0.200. The summed E-state index contributed by atoms with van der Waals surface area (Å²) in [7, 11) is 0. The lowest BCUT2D eigenvalue weighted by Crippen LogP contribution is -2.38. The molecule has 0 bridgehead atoms. The molecule has 1 saturated heterocycles. The van der Waals surface area contributed by atoms with Crippen molar-refractivity contribution in [3.8, 4) is 0 Å². The average Bonchev–Trinajstić information content (AvgIpc) is 2.83. The Morgan fingerprint density at radius 2 is 1.78 bits per heavy atom. The molecule has 1 aromatic rings. The van der Waals surface area contributed by atoms with Crippen molar-refractivity contribution < 1.29 is 14.3 Å². The smallest absolute Gasteiger partial charge is 0.409 e. The number of ether oxygens (including phenoxy) is 1. The largest absolute Gasteiger partial charge is 0.449 e. The van der Waals surface area contributed by atoms with Gasteiger partial charge in [0.1, 0.15) is 0 Å². The first-order chi connectivity index (χ1) is 12.8. The van der Waals surface area contributed by atoms with Crippen molar-refractivity contribution in [1.29, 1.82) is 0 Å². The number of carbonyl (C=O) groups is 2. The van der Waals surface area contributed by atoms with Gasteiger partial charge < -0.3 is 15.0 Å². The van der Waals surface area contributed by atoms with Crippen LogP contribution in [0.4, 0.5) is 10.5 Å². The maximum atomic E-state index is 12.3. The maximum absolute atomic E-state index is 12.3. The summed E-state index contributed by atoms with van der Waals surface area (Å²) in [5, 5.41) is 3.73. The molecule has 0 unspecified atom stereocenters. The molecule has 1 aliphatic rings. The molecule has 0 radical (unpaired) electrons. The summed E-state index contributed by atoms with van der Waals surface area (Å²) in [6.45, 7) is 7.06. The summed E-state index contributed by atoms with van der Waals surface area (Å²) >= 11 is 18.0. The van der Waals surface area contributed by atoms with Crippen molar-refractivity contribution in [1.82, 2.24) is 9.80 Å². The van der Waals surface area contributed by atoms with E-state index in [-0.39, 0.29) is 18.5 Å². The van der Waals surface area contributed by atoms with Gasteiger partial charge in [0.2, 0.25) is 5.91 Å². The van der Waals surface area contributed by atoms with Crippen LogP contribution in [0.1, 0.15) is 20.3 Å². The Balaban J connectivity index is 1.85. The highest BCUT2D eigenvalue weighted by Gasteiger charge is 2.22. The molecule has 1 aliphatic heterocycles. The molecule has 0 spiro atoms. The van der Waals surface area contributed by atoms with E-state index in [2.05, 4.69) is 5.32 Å². The maximum Gasteiger partial charge on any atom is 0.409 e. The molecule has 1 N–H and O–H groups in total. The highest BCUT2D eigenvalue weighted by molar-refractivity contribution is 6.44. The van der Waals surface area contributed by atoms with Gasteiger partial charge in [-0.3, -0.25) is 9.69 Å². The second-order valence-corrected chi connectivity index (χ2v) is 8.10. The molecule has 0 aliphatic carbocycles. The lowest BCUT2D eigenvalue weighted by molar-refractivity contribution is -0.117. The predicted octanol–water partition coefficient (Wildman–Crippen LogP) is 4.39. The van der Waals surface area contributed by atoms with E-state index in [0.717, 1.165) is 13.0 Å². The second-order valence-electron chi connectivity index (χ2n) is 6.88. The topological polar surface area (TPSA) is 61.9 Å². The first-order valence-corrected chi connectivity index (χ1v) is 9.98. The first kappa shape index (κ1) is 22.1. The van der Waals surface area contributed by atoms with Gasteiger partial charge in [0.25, 0.3) is 0 Å². The molecule has 9 heteroatoms. The molecule has 150 valence electrons. The van der Waals surface area contributed by atoms with Gasteiger partial charge in [-0.1, -0.05) is 48.7 Å². The van der Waals surface area contributed by atoms with Crippen molar-refractivity contribution in [3.05, 3.63) is 27.2 Å². The van der Waals surface area contributed by atoms with Crippen LogP contribution >= 0.6 is 34.8 Å². The first-order valence-electron chi connectivity index (χ1n) is 8.84.